The van der Waals surface area contributed by atoms with Crippen LogP contribution in [-0.2, 0) is 9.53 Å². The van der Waals surface area contributed by atoms with Crippen LogP contribution in [0.5, 0.6) is 0 Å². The largest absolute Gasteiger partial charge is 0.462 e. The lowest BCUT2D eigenvalue weighted by atomic mass is 10.1. The lowest BCUT2D eigenvalue weighted by Crippen LogP contribution is -2.11. The number of ether oxygens (including phenoxy) is 1. The Morgan fingerprint density at radius 2 is 1.92 bits per heavy atom. The molecule has 7 nitrogen and oxygen atoms in total. The van der Waals surface area contributed by atoms with Crippen molar-refractivity contribution >= 4 is 33.9 Å². The van der Waals surface area contributed by atoms with Crippen molar-refractivity contribution < 1.29 is 19.2 Å². The first-order chi connectivity index (χ1) is 11.3. The molecule has 0 aliphatic carbocycles. The van der Waals surface area contributed by atoms with E-state index in [9.17, 15) is 19.7 Å². The second-order valence-electron chi connectivity index (χ2n) is 4.97. The van der Waals surface area contributed by atoms with E-state index >= 15 is 0 Å². The van der Waals surface area contributed by atoms with Gasteiger partial charge in [-0.25, -0.2) is 4.79 Å². The summed E-state index contributed by atoms with van der Waals surface area (Å²) in [5.41, 5.74) is 1.69. The highest BCUT2D eigenvalue weighted by Gasteiger charge is 2.24. The molecule has 1 aromatic carbocycles. The van der Waals surface area contributed by atoms with E-state index in [-0.39, 0.29) is 18.2 Å². The standard InChI is InChI=1S/C16H16N2O5S/c1-4-23-16(20)13-9(2)14(24-15(13)17-10(3)19)11-5-7-12(8-6-11)18(21)22/h5-8H,4H2,1-3H3,(H,17,19). The Bertz CT molecular complexity index is 796. The number of anilines is 1. The Morgan fingerprint density at radius 1 is 1.29 bits per heavy atom. The van der Waals surface area contributed by atoms with Gasteiger partial charge in [0, 0.05) is 23.9 Å². The SMILES string of the molecule is CCOC(=O)c1c(NC(C)=O)sc(-c2ccc([N+](=O)[O-])cc2)c1C. The molecule has 0 atom stereocenters. The van der Waals surface area contributed by atoms with Crippen LogP contribution >= 0.6 is 11.3 Å². The maximum Gasteiger partial charge on any atom is 0.341 e. The summed E-state index contributed by atoms with van der Waals surface area (Å²) < 4.78 is 5.06. The molecule has 2 aromatic rings. The Hall–Kier alpha value is -2.74. The van der Waals surface area contributed by atoms with Gasteiger partial charge in [0.25, 0.3) is 5.69 Å². The van der Waals surface area contributed by atoms with E-state index in [1.54, 1.807) is 26.0 Å². The highest BCUT2D eigenvalue weighted by molar-refractivity contribution is 7.20. The van der Waals surface area contributed by atoms with E-state index in [0.717, 1.165) is 10.4 Å². The van der Waals surface area contributed by atoms with Gasteiger partial charge in [-0.05, 0) is 37.1 Å². The van der Waals surface area contributed by atoms with Crippen LogP contribution in [-0.4, -0.2) is 23.4 Å². The third kappa shape index (κ3) is 3.60. The number of nitrogens with zero attached hydrogens (tertiary/aromatic N) is 1. The van der Waals surface area contributed by atoms with Crippen LogP contribution in [0.4, 0.5) is 10.7 Å². The van der Waals surface area contributed by atoms with E-state index < -0.39 is 10.9 Å². The summed E-state index contributed by atoms with van der Waals surface area (Å²) in [6.45, 7) is 5.04. The van der Waals surface area contributed by atoms with Gasteiger partial charge < -0.3 is 10.1 Å². The first-order valence-corrected chi connectivity index (χ1v) is 7.99. The lowest BCUT2D eigenvalue weighted by Gasteiger charge is -2.05. The van der Waals surface area contributed by atoms with Crippen LogP contribution in [0.1, 0.15) is 29.8 Å². The molecule has 0 radical (unpaired) electrons. The molecule has 0 bridgehead atoms. The number of nitro benzene ring substituents is 1. The van der Waals surface area contributed by atoms with E-state index in [1.807, 2.05) is 0 Å². The summed E-state index contributed by atoms with van der Waals surface area (Å²) in [5.74, 6) is -0.805. The second kappa shape index (κ2) is 7.22. The summed E-state index contributed by atoms with van der Waals surface area (Å²) in [6.07, 6.45) is 0. The van der Waals surface area contributed by atoms with Crippen LogP contribution in [0.15, 0.2) is 24.3 Å². The van der Waals surface area contributed by atoms with Crippen molar-refractivity contribution in [3.05, 3.63) is 45.5 Å². The molecule has 24 heavy (non-hydrogen) atoms. The van der Waals surface area contributed by atoms with Crippen molar-refractivity contribution in [1.82, 2.24) is 0 Å². The van der Waals surface area contributed by atoms with Crippen LogP contribution in [0.2, 0.25) is 0 Å². The molecule has 1 N–H and O–H groups in total. The van der Waals surface area contributed by atoms with Gasteiger partial charge in [-0.1, -0.05) is 0 Å². The quantitative estimate of drug-likeness (QED) is 0.504. The van der Waals surface area contributed by atoms with Crippen LogP contribution < -0.4 is 5.32 Å². The number of nitrogens with one attached hydrogen (secondary N) is 1. The van der Waals surface area contributed by atoms with Gasteiger partial charge in [-0.3, -0.25) is 14.9 Å². The Kier molecular flexibility index (Phi) is 5.30. The molecule has 1 heterocycles. The zero-order valence-corrected chi connectivity index (χ0v) is 14.2. The van der Waals surface area contributed by atoms with Crippen molar-refractivity contribution in [2.45, 2.75) is 20.8 Å². The monoisotopic (exact) mass is 348 g/mol. The van der Waals surface area contributed by atoms with Gasteiger partial charge in [-0.2, -0.15) is 0 Å². The number of carbonyl (C=O) groups excluding carboxylic acids is 2. The molecule has 1 aromatic heterocycles. The smallest absolute Gasteiger partial charge is 0.341 e. The highest BCUT2D eigenvalue weighted by atomic mass is 32.1. The second-order valence-corrected chi connectivity index (χ2v) is 5.99. The molecule has 0 aliphatic rings. The zero-order valence-electron chi connectivity index (χ0n) is 13.4. The molecule has 8 heteroatoms. The van der Waals surface area contributed by atoms with Crippen LogP contribution in [0.25, 0.3) is 10.4 Å². The van der Waals surface area contributed by atoms with Crippen LogP contribution in [0.3, 0.4) is 0 Å². The summed E-state index contributed by atoms with van der Waals surface area (Å²) in [4.78, 5) is 34.6. The summed E-state index contributed by atoms with van der Waals surface area (Å²) in [6, 6.07) is 6.03. The van der Waals surface area contributed by atoms with Gasteiger partial charge in [0.05, 0.1) is 17.1 Å². The van der Waals surface area contributed by atoms with Gasteiger partial charge >= 0.3 is 5.97 Å². The molecule has 0 aliphatic heterocycles. The minimum Gasteiger partial charge on any atom is -0.462 e. The molecule has 2 rings (SSSR count). The topological polar surface area (TPSA) is 98.5 Å². The van der Waals surface area contributed by atoms with Gasteiger partial charge in [-0.15, -0.1) is 11.3 Å². The number of esters is 1. The number of carbonyl (C=O) groups is 2. The predicted molar refractivity (Wildman–Crippen MR) is 91.4 cm³/mol. The number of benzene rings is 1. The maximum absolute atomic E-state index is 12.2. The van der Waals surface area contributed by atoms with Crippen LogP contribution in [0, 0.1) is 17.0 Å². The fourth-order valence-electron chi connectivity index (χ4n) is 2.22. The van der Waals surface area contributed by atoms with Crippen molar-refractivity contribution in [2.24, 2.45) is 0 Å². The third-order valence-corrected chi connectivity index (χ3v) is 4.51. The Labute approximate surface area is 142 Å². The number of hydrogen-bond donors (Lipinski definition) is 1. The number of thiophene rings is 1. The Balaban J connectivity index is 2.52. The predicted octanol–water partition coefficient (Wildman–Crippen LogP) is 3.77. The third-order valence-electron chi connectivity index (χ3n) is 3.26. The fourth-order valence-corrected chi connectivity index (χ4v) is 3.47. The molecule has 0 spiro atoms. The number of hydrogen-bond acceptors (Lipinski definition) is 6. The average molecular weight is 348 g/mol. The van der Waals surface area contributed by atoms with E-state index in [4.69, 9.17) is 4.74 Å². The molecule has 0 unspecified atom stereocenters. The van der Waals surface area contributed by atoms with Crippen molar-refractivity contribution in [3.63, 3.8) is 0 Å². The minimum atomic E-state index is -0.511. The van der Waals surface area contributed by atoms with Crippen molar-refractivity contribution in [1.29, 1.82) is 0 Å². The maximum atomic E-state index is 12.2. The summed E-state index contributed by atoms with van der Waals surface area (Å²) in [5, 5.41) is 13.8. The normalized spacial score (nSPS) is 10.3. The molecule has 1 amide bonds. The summed E-state index contributed by atoms with van der Waals surface area (Å²) >= 11 is 1.23. The van der Waals surface area contributed by atoms with E-state index in [0.29, 0.717) is 16.1 Å². The lowest BCUT2D eigenvalue weighted by molar-refractivity contribution is -0.384. The first-order valence-electron chi connectivity index (χ1n) is 7.18. The van der Waals surface area contributed by atoms with Crippen molar-refractivity contribution in [3.8, 4) is 10.4 Å². The van der Waals surface area contributed by atoms with Gasteiger partial charge in [0.15, 0.2) is 0 Å². The molecule has 126 valence electrons. The van der Waals surface area contributed by atoms with E-state index in [2.05, 4.69) is 5.32 Å². The zero-order chi connectivity index (χ0) is 17.9. The number of amides is 1. The molecule has 0 fully saturated rings. The minimum absolute atomic E-state index is 0.0133. The number of nitro groups is 1. The summed E-state index contributed by atoms with van der Waals surface area (Å²) in [7, 11) is 0. The molecular weight excluding hydrogens is 332 g/mol. The molecule has 0 saturated carbocycles. The fraction of sp³-hybridized carbons (Fsp3) is 0.250. The number of rotatable bonds is 5. The first kappa shape index (κ1) is 17.6. The molecular formula is C16H16N2O5S. The van der Waals surface area contributed by atoms with E-state index in [1.165, 1.54) is 30.4 Å². The molecule has 0 saturated heterocycles. The van der Waals surface area contributed by atoms with Gasteiger partial charge in [0.2, 0.25) is 5.91 Å². The van der Waals surface area contributed by atoms with Gasteiger partial charge in [0.1, 0.15) is 5.00 Å². The number of non-ortho nitro benzene ring substituents is 1. The average Bonchev–Trinajstić information content (AvgIpc) is 2.83. The van der Waals surface area contributed by atoms with Crippen molar-refractivity contribution in [2.75, 3.05) is 11.9 Å². The highest BCUT2D eigenvalue weighted by Crippen LogP contribution is 2.40. The Morgan fingerprint density at radius 3 is 2.42 bits per heavy atom.